The summed E-state index contributed by atoms with van der Waals surface area (Å²) >= 11 is 0. The number of hydrogen-bond acceptors (Lipinski definition) is 1. The van der Waals surface area contributed by atoms with Gasteiger partial charge in [-0.25, -0.2) is 0 Å². The lowest BCUT2D eigenvalue weighted by Gasteiger charge is -2.35. The molecule has 1 spiro atoms. The van der Waals surface area contributed by atoms with Crippen molar-refractivity contribution in [1.29, 1.82) is 0 Å². The summed E-state index contributed by atoms with van der Waals surface area (Å²) in [5, 5.41) is 0. The average molecular weight is 152 g/mol. The minimum Gasteiger partial charge on any atom is -0.369 e. The Hall–Kier alpha value is -0.0400. The third-order valence-corrected chi connectivity index (χ3v) is 4.66. The second kappa shape index (κ2) is 1.52. The van der Waals surface area contributed by atoms with Gasteiger partial charge in [-0.15, -0.1) is 0 Å². The lowest BCUT2D eigenvalue weighted by Crippen LogP contribution is -2.38. The molecule has 0 N–H and O–H groups in total. The van der Waals surface area contributed by atoms with E-state index < -0.39 is 0 Å². The van der Waals surface area contributed by atoms with E-state index in [4.69, 9.17) is 4.74 Å². The monoisotopic (exact) mass is 152 g/mol. The SMILES string of the molecule is CC1(C)[C@H]2CC[C@H](C2)C12CO2. The molecule has 1 saturated heterocycles. The van der Waals surface area contributed by atoms with Crippen LogP contribution in [0.25, 0.3) is 0 Å². The van der Waals surface area contributed by atoms with Gasteiger partial charge in [0.2, 0.25) is 0 Å². The summed E-state index contributed by atoms with van der Waals surface area (Å²) < 4.78 is 5.71. The van der Waals surface area contributed by atoms with Crippen LogP contribution in [0.1, 0.15) is 33.1 Å². The first-order valence-electron chi connectivity index (χ1n) is 4.81. The average Bonchev–Trinajstić information content (AvgIpc) is 2.55. The van der Waals surface area contributed by atoms with E-state index in [1.54, 1.807) is 0 Å². The maximum absolute atomic E-state index is 5.71. The second-order valence-corrected chi connectivity index (χ2v) is 5.11. The third kappa shape index (κ3) is 0.516. The van der Waals surface area contributed by atoms with E-state index >= 15 is 0 Å². The fourth-order valence-electron chi connectivity index (χ4n) is 3.62. The largest absolute Gasteiger partial charge is 0.369 e. The molecule has 1 aliphatic heterocycles. The predicted octanol–water partition coefficient (Wildman–Crippen LogP) is 2.21. The first kappa shape index (κ1) is 6.47. The Kier molecular flexibility index (Phi) is 0.893. The molecule has 0 radical (unpaired) electrons. The van der Waals surface area contributed by atoms with E-state index in [0.29, 0.717) is 11.0 Å². The van der Waals surface area contributed by atoms with Gasteiger partial charge in [0.05, 0.1) is 12.2 Å². The van der Waals surface area contributed by atoms with Crippen LogP contribution in [-0.4, -0.2) is 12.2 Å². The molecule has 1 heterocycles. The van der Waals surface area contributed by atoms with E-state index in [9.17, 15) is 0 Å². The summed E-state index contributed by atoms with van der Waals surface area (Å²) in [6.07, 6.45) is 4.35. The highest BCUT2D eigenvalue weighted by atomic mass is 16.6. The van der Waals surface area contributed by atoms with Crippen LogP contribution in [0, 0.1) is 17.3 Å². The number of ether oxygens (including phenoxy) is 1. The second-order valence-electron chi connectivity index (χ2n) is 5.11. The van der Waals surface area contributed by atoms with Gasteiger partial charge >= 0.3 is 0 Å². The summed E-state index contributed by atoms with van der Waals surface area (Å²) in [6, 6.07) is 0. The number of rotatable bonds is 0. The maximum Gasteiger partial charge on any atom is 0.0997 e. The van der Waals surface area contributed by atoms with Crippen molar-refractivity contribution in [3.8, 4) is 0 Å². The van der Waals surface area contributed by atoms with Crippen LogP contribution in [0.4, 0.5) is 0 Å². The van der Waals surface area contributed by atoms with Gasteiger partial charge in [-0.2, -0.15) is 0 Å². The van der Waals surface area contributed by atoms with E-state index in [1.807, 2.05) is 0 Å². The van der Waals surface area contributed by atoms with Crippen LogP contribution < -0.4 is 0 Å². The molecule has 2 bridgehead atoms. The fourth-order valence-corrected chi connectivity index (χ4v) is 3.62. The number of epoxide rings is 1. The molecule has 0 aromatic heterocycles. The van der Waals surface area contributed by atoms with Crippen molar-refractivity contribution in [1.82, 2.24) is 0 Å². The Morgan fingerprint density at radius 1 is 1.18 bits per heavy atom. The molecule has 0 aromatic rings. The first-order valence-corrected chi connectivity index (χ1v) is 4.81. The van der Waals surface area contributed by atoms with Gasteiger partial charge in [0.1, 0.15) is 0 Å². The lowest BCUT2D eigenvalue weighted by atomic mass is 9.69. The molecule has 0 amide bonds. The van der Waals surface area contributed by atoms with Crippen LogP contribution in [-0.2, 0) is 4.74 Å². The molecule has 1 unspecified atom stereocenters. The van der Waals surface area contributed by atoms with Gasteiger partial charge in [-0.3, -0.25) is 0 Å². The van der Waals surface area contributed by atoms with E-state index in [0.717, 1.165) is 18.4 Å². The predicted molar refractivity (Wildman–Crippen MR) is 43.3 cm³/mol. The highest BCUT2D eigenvalue weighted by Crippen LogP contribution is 2.67. The Bertz CT molecular complexity index is 193. The topological polar surface area (TPSA) is 12.5 Å². The smallest absolute Gasteiger partial charge is 0.0997 e. The molecule has 2 aliphatic carbocycles. The van der Waals surface area contributed by atoms with E-state index in [1.165, 1.54) is 19.3 Å². The van der Waals surface area contributed by atoms with Crippen molar-refractivity contribution in [2.24, 2.45) is 17.3 Å². The molecule has 3 atom stereocenters. The van der Waals surface area contributed by atoms with Crippen molar-refractivity contribution in [3.63, 3.8) is 0 Å². The van der Waals surface area contributed by atoms with Gasteiger partial charge in [0, 0.05) is 0 Å². The zero-order valence-electron chi connectivity index (χ0n) is 7.39. The molecule has 3 rings (SSSR count). The first-order chi connectivity index (χ1) is 5.17. The third-order valence-electron chi connectivity index (χ3n) is 4.66. The molecule has 3 aliphatic rings. The van der Waals surface area contributed by atoms with Crippen LogP contribution >= 0.6 is 0 Å². The minimum atomic E-state index is 0.357. The molecule has 1 nitrogen and oxygen atoms in total. The molecule has 11 heavy (non-hydrogen) atoms. The fraction of sp³-hybridized carbons (Fsp3) is 1.00. The van der Waals surface area contributed by atoms with Gasteiger partial charge in [-0.05, 0) is 36.5 Å². The number of hydrogen-bond donors (Lipinski definition) is 0. The van der Waals surface area contributed by atoms with Crippen LogP contribution in [0.2, 0.25) is 0 Å². The molecule has 2 saturated carbocycles. The Morgan fingerprint density at radius 2 is 1.82 bits per heavy atom. The summed E-state index contributed by atoms with van der Waals surface area (Å²) in [7, 11) is 0. The molecule has 62 valence electrons. The van der Waals surface area contributed by atoms with E-state index in [-0.39, 0.29) is 0 Å². The highest BCUT2D eigenvalue weighted by Gasteiger charge is 2.70. The van der Waals surface area contributed by atoms with Gasteiger partial charge < -0.3 is 4.74 Å². The van der Waals surface area contributed by atoms with Crippen molar-refractivity contribution in [2.75, 3.05) is 6.61 Å². The lowest BCUT2D eigenvalue weighted by molar-refractivity contribution is 0.0736. The summed E-state index contributed by atoms with van der Waals surface area (Å²) in [5.41, 5.74) is 0.853. The van der Waals surface area contributed by atoms with Crippen molar-refractivity contribution in [2.45, 2.75) is 38.7 Å². The van der Waals surface area contributed by atoms with E-state index in [2.05, 4.69) is 13.8 Å². The number of fused-ring (bicyclic) bond motifs is 3. The van der Waals surface area contributed by atoms with Crippen molar-refractivity contribution in [3.05, 3.63) is 0 Å². The van der Waals surface area contributed by atoms with Gasteiger partial charge in [-0.1, -0.05) is 13.8 Å². The maximum atomic E-state index is 5.71. The Morgan fingerprint density at radius 3 is 2.18 bits per heavy atom. The Balaban J connectivity index is 2.05. The van der Waals surface area contributed by atoms with Crippen molar-refractivity contribution >= 4 is 0 Å². The Labute approximate surface area is 68.1 Å². The molecular formula is C10H16O. The van der Waals surface area contributed by atoms with Crippen LogP contribution in [0.3, 0.4) is 0 Å². The zero-order valence-corrected chi connectivity index (χ0v) is 7.39. The van der Waals surface area contributed by atoms with Crippen molar-refractivity contribution < 1.29 is 4.74 Å². The molecule has 1 heteroatoms. The quantitative estimate of drug-likeness (QED) is 0.485. The van der Waals surface area contributed by atoms with Gasteiger partial charge in [0.15, 0.2) is 0 Å². The van der Waals surface area contributed by atoms with Gasteiger partial charge in [0.25, 0.3) is 0 Å². The summed E-state index contributed by atoms with van der Waals surface area (Å²) in [6.45, 7) is 5.87. The standard InChI is InChI=1S/C10H16O/c1-9(2)7-3-4-8(5-7)10(9)6-11-10/h7-8H,3-6H2,1-2H3/t7-,8+,10?/m0/s1. The van der Waals surface area contributed by atoms with Crippen LogP contribution in [0.15, 0.2) is 0 Å². The normalized spacial score (nSPS) is 57.3. The minimum absolute atomic E-state index is 0.357. The summed E-state index contributed by atoms with van der Waals surface area (Å²) in [5.74, 6) is 1.89. The molecular weight excluding hydrogens is 136 g/mol. The molecule has 3 fully saturated rings. The zero-order chi connectivity index (χ0) is 7.69. The highest BCUT2D eigenvalue weighted by molar-refractivity contribution is 5.18. The van der Waals surface area contributed by atoms with Crippen LogP contribution in [0.5, 0.6) is 0 Å². The summed E-state index contributed by atoms with van der Waals surface area (Å²) in [4.78, 5) is 0. The molecule has 0 aromatic carbocycles.